The van der Waals surface area contributed by atoms with Gasteiger partial charge in [0.1, 0.15) is 6.04 Å². The van der Waals surface area contributed by atoms with Crippen LogP contribution in [0.4, 0.5) is 4.79 Å². The molecule has 2 aliphatic heterocycles. The predicted octanol–water partition coefficient (Wildman–Crippen LogP) is 4.11. The molecule has 38 heavy (non-hydrogen) atoms. The lowest BCUT2D eigenvalue weighted by atomic mass is 10.0. The molecule has 6 rings (SSSR count). The van der Waals surface area contributed by atoms with Gasteiger partial charge in [-0.05, 0) is 55.5 Å². The van der Waals surface area contributed by atoms with Gasteiger partial charge in [0.15, 0.2) is 6.10 Å². The molecule has 0 bridgehead atoms. The maximum absolute atomic E-state index is 11.9. The van der Waals surface area contributed by atoms with E-state index in [0.717, 1.165) is 45.6 Å². The van der Waals surface area contributed by atoms with Gasteiger partial charge in [0.2, 0.25) is 0 Å². The van der Waals surface area contributed by atoms with Crippen molar-refractivity contribution in [3.8, 4) is 0 Å². The summed E-state index contributed by atoms with van der Waals surface area (Å²) in [5, 5.41) is 3.08. The molecule has 2 aliphatic carbocycles. The van der Waals surface area contributed by atoms with Crippen LogP contribution in [-0.2, 0) is 27.1 Å². The number of nitrogens with zero attached hydrogens (tertiary/aromatic N) is 3. The van der Waals surface area contributed by atoms with E-state index >= 15 is 0 Å². The number of amides is 1. The number of piperazine rings is 1. The summed E-state index contributed by atoms with van der Waals surface area (Å²) in [7, 11) is 0. The second-order valence-electron chi connectivity index (χ2n) is 10.1. The number of rotatable bonds is 5. The van der Waals surface area contributed by atoms with Crippen LogP contribution >= 0.6 is 0 Å². The van der Waals surface area contributed by atoms with E-state index in [-0.39, 0.29) is 30.3 Å². The Bertz CT molecular complexity index is 1130. The molecule has 2 aromatic rings. The van der Waals surface area contributed by atoms with Crippen molar-refractivity contribution in [1.29, 1.82) is 0 Å². The normalized spacial score (nSPS) is 25.7. The smallest absolute Gasteiger partial charge is 0.407 e. The van der Waals surface area contributed by atoms with Gasteiger partial charge in [0.05, 0.1) is 25.3 Å². The number of hydrogen-bond donors (Lipinski definition) is 1. The summed E-state index contributed by atoms with van der Waals surface area (Å²) in [6.07, 6.45) is 2.10. The van der Waals surface area contributed by atoms with Crippen molar-refractivity contribution in [3.63, 3.8) is 0 Å². The van der Waals surface area contributed by atoms with Crippen LogP contribution in [0.2, 0.25) is 0 Å². The molecule has 204 valence electrons. The largest absolute Gasteiger partial charge is 0.451 e. The molecule has 1 fully saturated rings. The number of likely N-dealkylation sites (N-methyl/N-ethyl adjacent to an activating group) is 1. The molecule has 1 amide bonds. The predicted molar refractivity (Wildman–Crippen MR) is 147 cm³/mol. The molecule has 0 saturated carbocycles. The molecular formula is C30H40N4O4. The Morgan fingerprint density at radius 1 is 0.947 bits per heavy atom. The SMILES string of the molecule is CCOC(=O)NC1Cc2ccccc2[C@H]1N1CCN(CC)CC1.CCOC1=NC2Cc3ccccc3C2O1. The third-order valence-electron chi connectivity index (χ3n) is 7.93. The molecule has 8 heteroatoms. The first-order valence-corrected chi connectivity index (χ1v) is 14.0. The fourth-order valence-electron chi connectivity index (χ4n) is 6.10. The lowest BCUT2D eigenvalue weighted by molar-refractivity contribution is 0.0821. The summed E-state index contributed by atoms with van der Waals surface area (Å²) in [6, 6.07) is 17.5. The van der Waals surface area contributed by atoms with Gasteiger partial charge in [0, 0.05) is 26.2 Å². The van der Waals surface area contributed by atoms with Crippen LogP contribution in [0.1, 0.15) is 55.2 Å². The zero-order valence-corrected chi connectivity index (χ0v) is 22.8. The fraction of sp³-hybridized carbons (Fsp3) is 0.533. The Labute approximate surface area is 226 Å². The second kappa shape index (κ2) is 12.2. The average Bonchev–Trinajstić information content (AvgIpc) is 3.60. The van der Waals surface area contributed by atoms with E-state index in [0.29, 0.717) is 19.3 Å². The number of benzene rings is 2. The molecule has 8 nitrogen and oxygen atoms in total. The lowest BCUT2D eigenvalue weighted by Crippen LogP contribution is -2.52. The van der Waals surface area contributed by atoms with Gasteiger partial charge >= 0.3 is 12.2 Å². The van der Waals surface area contributed by atoms with Gasteiger partial charge in [0.25, 0.3) is 0 Å². The Morgan fingerprint density at radius 3 is 2.32 bits per heavy atom. The summed E-state index contributed by atoms with van der Waals surface area (Å²) in [6.45, 7) is 12.4. The number of alkyl carbamates (subject to hydrolysis) is 1. The number of carbonyl (C=O) groups excluding carboxylic acids is 1. The topological polar surface area (TPSA) is 75.6 Å². The van der Waals surface area contributed by atoms with Crippen molar-refractivity contribution in [2.75, 3.05) is 45.9 Å². The van der Waals surface area contributed by atoms with Crippen molar-refractivity contribution >= 4 is 12.2 Å². The highest BCUT2D eigenvalue weighted by Gasteiger charge is 2.40. The minimum atomic E-state index is -0.303. The summed E-state index contributed by atoms with van der Waals surface area (Å²) < 4.78 is 16.1. The molecular weight excluding hydrogens is 480 g/mol. The lowest BCUT2D eigenvalue weighted by Gasteiger charge is -2.40. The quantitative estimate of drug-likeness (QED) is 0.640. The molecule has 4 atom stereocenters. The van der Waals surface area contributed by atoms with Crippen LogP contribution in [-0.4, -0.2) is 80.0 Å². The molecule has 3 unspecified atom stereocenters. The third kappa shape index (κ3) is 5.66. The maximum Gasteiger partial charge on any atom is 0.407 e. The van der Waals surface area contributed by atoms with Crippen LogP contribution < -0.4 is 5.32 Å². The van der Waals surface area contributed by atoms with E-state index in [9.17, 15) is 4.79 Å². The van der Waals surface area contributed by atoms with E-state index in [1.807, 2.05) is 19.9 Å². The standard InChI is InChI=1S/C18H27N3O2.C12H13NO2/c1-3-20-9-11-21(12-10-20)17-15-8-6-5-7-14(15)13-16(17)19-18(22)23-4-2;1-2-14-12-13-10-7-8-5-3-4-6-9(8)11(10)15-12/h5-8,16-17H,3-4,9-13H2,1-2H3,(H,19,22);3-6,10-11H,2,7H2,1H3/t16?,17-;/m1./s1. The van der Waals surface area contributed by atoms with Gasteiger partial charge < -0.3 is 24.4 Å². The average molecular weight is 521 g/mol. The zero-order valence-electron chi connectivity index (χ0n) is 22.8. The maximum atomic E-state index is 11.9. The van der Waals surface area contributed by atoms with Crippen LogP contribution in [0, 0.1) is 0 Å². The Balaban J connectivity index is 0.000000168. The van der Waals surface area contributed by atoms with Crippen molar-refractivity contribution < 1.29 is 19.0 Å². The first kappa shape index (κ1) is 26.5. The van der Waals surface area contributed by atoms with Crippen molar-refractivity contribution in [3.05, 3.63) is 70.8 Å². The second-order valence-corrected chi connectivity index (χ2v) is 10.1. The summed E-state index contributed by atoms with van der Waals surface area (Å²) in [5.41, 5.74) is 5.32. The molecule has 0 spiro atoms. The number of ether oxygens (including phenoxy) is 3. The molecule has 2 aromatic carbocycles. The van der Waals surface area contributed by atoms with Crippen molar-refractivity contribution in [2.24, 2.45) is 4.99 Å². The molecule has 2 heterocycles. The van der Waals surface area contributed by atoms with E-state index < -0.39 is 0 Å². The van der Waals surface area contributed by atoms with Crippen LogP contribution in [0.25, 0.3) is 0 Å². The van der Waals surface area contributed by atoms with Crippen molar-refractivity contribution in [1.82, 2.24) is 15.1 Å². The van der Waals surface area contributed by atoms with Gasteiger partial charge in [-0.2, -0.15) is 0 Å². The number of nitrogens with one attached hydrogen (secondary N) is 1. The number of aliphatic imine (C=N–C) groups is 1. The van der Waals surface area contributed by atoms with Crippen LogP contribution in [0.15, 0.2) is 53.5 Å². The van der Waals surface area contributed by atoms with Gasteiger partial charge in [-0.1, -0.05) is 55.5 Å². The molecule has 0 radical (unpaired) electrons. The molecule has 1 N–H and O–H groups in total. The molecule has 1 saturated heterocycles. The highest BCUT2D eigenvalue weighted by molar-refractivity contribution is 5.70. The summed E-state index contributed by atoms with van der Waals surface area (Å²) in [5.74, 6) is 0. The number of hydrogen-bond acceptors (Lipinski definition) is 7. The number of carbonyl (C=O) groups is 1. The van der Waals surface area contributed by atoms with E-state index in [4.69, 9.17) is 14.2 Å². The van der Waals surface area contributed by atoms with Crippen LogP contribution in [0.3, 0.4) is 0 Å². The highest BCUT2D eigenvalue weighted by atomic mass is 16.7. The monoisotopic (exact) mass is 520 g/mol. The Morgan fingerprint density at radius 2 is 1.63 bits per heavy atom. The Hall–Kier alpha value is -3.10. The minimum Gasteiger partial charge on any atom is -0.451 e. The van der Waals surface area contributed by atoms with E-state index in [1.165, 1.54) is 22.3 Å². The first-order valence-electron chi connectivity index (χ1n) is 14.0. The highest BCUT2D eigenvalue weighted by Crippen LogP contribution is 2.40. The minimum absolute atomic E-state index is 0.0859. The fourth-order valence-corrected chi connectivity index (χ4v) is 6.10. The Kier molecular flexibility index (Phi) is 8.49. The van der Waals surface area contributed by atoms with Crippen LogP contribution in [0.5, 0.6) is 0 Å². The summed E-state index contributed by atoms with van der Waals surface area (Å²) >= 11 is 0. The van der Waals surface area contributed by atoms with Gasteiger partial charge in [-0.25, -0.2) is 9.79 Å². The molecule has 4 aliphatic rings. The third-order valence-corrected chi connectivity index (χ3v) is 7.93. The zero-order chi connectivity index (χ0) is 26.5. The van der Waals surface area contributed by atoms with E-state index in [2.05, 4.69) is 69.5 Å². The molecule has 0 aromatic heterocycles. The van der Waals surface area contributed by atoms with E-state index in [1.54, 1.807) is 0 Å². The van der Waals surface area contributed by atoms with Crippen molar-refractivity contribution in [2.45, 2.75) is 57.8 Å². The first-order chi connectivity index (χ1) is 18.6. The van der Waals surface area contributed by atoms with Gasteiger partial charge in [-0.3, -0.25) is 4.90 Å². The van der Waals surface area contributed by atoms with Gasteiger partial charge in [-0.15, -0.1) is 0 Å². The summed E-state index contributed by atoms with van der Waals surface area (Å²) in [4.78, 5) is 21.3. The number of fused-ring (bicyclic) bond motifs is 4.